The van der Waals surface area contributed by atoms with Crippen LogP contribution in [0.4, 0.5) is 17.5 Å². The Hall–Kier alpha value is -2.08. The minimum absolute atomic E-state index is 0.437. The van der Waals surface area contributed by atoms with E-state index in [4.69, 9.17) is 34.8 Å². The van der Waals surface area contributed by atoms with Crippen molar-refractivity contribution in [1.82, 2.24) is 15.2 Å². The van der Waals surface area contributed by atoms with Crippen molar-refractivity contribution < 1.29 is 0 Å². The van der Waals surface area contributed by atoms with E-state index in [1.165, 1.54) is 11.8 Å². The van der Waals surface area contributed by atoms with Gasteiger partial charge in [-0.05, 0) is 42.3 Å². The van der Waals surface area contributed by atoms with Gasteiger partial charge in [0.05, 0.1) is 6.20 Å². The van der Waals surface area contributed by atoms with Crippen LogP contribution in [0.3, 0.4) is 0 Å². The number of hydrogen-bond acceptors (Lipinski definition) is 5. The number of rotatable bonds is 6. The van der Waals surface area contributed by atoms with Crippen LogP contribution in [0.25, 0.3) is 0 Å². The number of hydrogen-bond donors (Lipinski definition) is 2. The summed E-state index contributed by atoms with van der Waals surface area (Å²) < 4.78 is 0. The van der Waals surface area contributed by atoms with Gasteiger partial charge in [-0.2, -0.15) is 10.1 Å². The van der Waals surface area contributed by atoms with Gasteiger partial charge in [0.15, 0.2) is 5.82 Å². The minimum atomic E-state index is 0.437. The van der Waals surface area contributed by atoms with E-state index in [0.29, 0.717) is 28.4 Å². The molecule has 5 nitrogen and oxygen atoms in total. The number of nitrogens with zero attached hydrogens (tertiary/aromatic N) is 3. The van der Waals surface area contributed by atoms with Crippen molar-refractivity contribution in [3.63, 3.8) is 0 Å². The van der Waals surface area contributed by atoms with Crippen LogP contribution in [-0.2, 0) is 6.42 Å². The molecule has 0 fully saturated rings. The van der Waals surface area contributed by atoms with Gasteiger partial charge in [-0.1, -0.05) is 46.9 Å². The average Bonchev–Trinajstić information content (AvgIpc) is 2.56. The first-order valence-electron chi connectivity index (χ1n) is 7.50. The molecule has 25 heavy (non-hydrogen) atoms. The van der Waals surface area contributed by atoms with Crippen molar-refractivity contribution in [2.45, 2.75) is 6.42 Å². The van der Waals surface area contributed by atoms with Crippen LogP contribution in [0, 0.1) is 0 Å². The number of nitrogens with one attached hydrogen (secondary N) is 2. The van der Waals surface area contributed by atoms with E-state index in [1.54, 1.807) is 18.2 Å². The van der Waals surface area contributed by atoms with Gasteiger partial charge in [0.2, 0.25) is 5.95 Å². The fourth-order valence-corrected chi connectivity index (χ4v) is 2.83. The molecule has 8 heteroatoms. The average molecular weight is 395 g/mol. The summed E-state index contributed by atoms with van der Waals surface area (Å²) in [6, 6.07) is 12.9. The molecule has 3 rings (SSSR count). The van der Waals surface area contributed by atoms with Gasteiger partial charge in [-0.3, -0.25) is 0 Å². The molecular weight excluding hydrogens is 381 g/mol. The summed E-state index contributed by atoms with van der Waals surface area (Å²) in [4.78, 5) is 4.37. The normalized spacial score (nSPS) is 10.5. The zero-order valence-corrected chi connectivity index (χ0v) is 15.3. The smallest absolute Gasteiger partial charge is 0.244 e. The van der Waals surface area contributed by atoms with E-state index < -0.39 is 0 Å². The highest BCUT2D eigenvalue weighted by Crippen LogP contribution is 2.24. The Morgan fingerprint density at radius 3 is 2.32 bits per heavy atom. The monoisotopic (exact) mass is 393 g/mol. The van der Waals surface area contributed by atoms with Gasteiger partial charge in [0.1, 0.15) is 0 Å². The van der Waals surface area contributed by atoms with Crippen LogP contribution in [-0.4, -0.2) is 21.7 Å². The van der Waals surface area contributed by atoms with E-state index >= 15 is 0 Å². The fraction of sp³-hybridized carbons (Fsp3) is 0.118. The van der Waals surface area contributed by atoms with Crippen LogP contribution < -0.4 is 10.6 Å². The first-order chi connectivity index (χ1) is 12.1. The van der Waals surface area contributed by atoms with Crippen LogP contribution >= 0.6 is 34.8 Å². The fourth-order valence-electron chi connectivity index (χ4n) is 2.18. The third-order valence-electron chi connectivity index (χ3n) is 3.30. The summed E-state index contributed by atoms with van der Waals surface area (Å²) in [5.74, 6) is 0.981. The molecule has 1 heterocycles. The molecular formula is C17H14Cl3N5. The third-order valence-corrected chi connectivity index (χ3v) is 3.99. The molecule has 0 aliphatic heterocycles. The standard InChI is InChI=1S/C17H14Cl3N5/c18-12-3-1-11(2-4-12)5-6-21-17-24-16(10-22-25-17)23-15-8-13(19)7-14(20)9-15/h1-4,7-10H,5-6H2,(H2,21,23,24,25). The van der Waals surface area contributed by atoms with Crippen molar-refractivity contribution in [3.8, 4) is 0 Å². The molecule has 0 radical (unpaired) electrons. The summed E-state index contributed by atoms with van der Waals surface area (Å²) in [7, 11) is 0. The van der Waals surface area contributed by atoms with E-state index in [2.05, 4.69) is 25.8 Å². The largest absolute Gasteiger partial charge is 0.353 e. The molecule has 0 aliphatic rings. The number of benzene rings is 2. The molecule has 0 bridgehead atoms. The lowest BCUT2D eigenvalue weighted by molar-refractivity contribution is 0.929. The Bertz CT molecular complexity index is 835. The molecule has 0 atom stereocenters. The van der Waals surface area contributed by atoms with Gasteiger partial charge >= 0.3 is 0 Å². The highest BCUT2D eigenvalue weighted by Gasteiger charge is 2.03. The van der Waals surface area contributed by atoms with E-state index in [-0.39, 0.29) is 0 Å². The number of halogens is 3. The third kappa shape index (κ3) is 5.46. The van der Waals surface area contributed by atoms with Crippen LogP contribution in [0.2, 0.25) is 15.1 Å². The van der Waals surface area contributed by atoms with Crippen LogP contribution in [0.15, 0.2) is 48.7 Å². The highest BCUT2D eigenvalue weighted by molar-refractivity contribution is 6.35. The highest BCUT2D eigenvalue weighted by atomic mass is 35.5. The molecule has 0 saturated carbocycles. The van der Waals surface area contributed by atoms with Crippen molar-refractivity contribution in [2.24, 2.45) is 0 Å². The second kappa shape index (κ2) is 8.34. The molecule has 2 aromatic carbocycles. The zero-order chi connectivity index (χ0) is 17.6. The van der Waals surface area contributed by atoms with Crippen molar-refractivity contribution in [3.05, 3.63) is 69.3 Å². The molecule has 0 unspecified atom stereocenters. The van der Waals surface area contributed by atoms with Gasteiger partial charge in [0.25, 0.3) is 0 Å². The molecule has 0 saturated heterocycles. The van der Waals surface area contributed by atoms with Crippen LogP contribution in [0.5, 0.6) is 0 Å². The maximum Gasteiger partial charge on any atom is 0.244 e. The lowest BCUT2D eigenvalue weighted by Crippen LogP contribution is -2.09. The Kier molecular flexibility index (Phi) is 5.91. The quantitative estimate of drug-likeness (QED) is 0.599. The van der Waals surface area contributed by atoms with Crippen molar-refractivity contribution >= 4 is 52.3 Å². The topological polar surface area (TPSA) is 62.7 Å². The maximum absolute atomic E-state index is 5.99. The summed E-state index contributed by atoms with van der Waals surface area (Å²) in [6.07, 6.45) is 2.35. The summed E-state index contributed by atoms with van der Waals surface area (Å²) in [5, 5.41) is 16.0. The Labute approximate surface area is 160 Å². The summed E-state index contributed by atoms with van der Waals surface area (Å²) in [6.45, 7) is 0.676. The van der Waals surface area contributed by atoms with Crippen LogP contribution in [0.1, 0.15) is 5.56 Å². The molecule has 0 spiro atoms. The van der Waals surface area contributed by atoms with Crippen molar-refractivity contribution in [2.75, 3.05) is 17.2 Å². The van der Waals surface area contributed by atoms with Crippen molar-refractivity contribution in [1.29, 1.82) is 0 Å². The maximum atomic E-state index is 5.99. The molecule has 128 valence electrons. The number of aromatic nitrogens is 3. The first kappa shape index (κ1) is 17.7. The zero-order valence-electron chi connectivity index (χ0n) is 13.0. The van der Waals surface area contributed by atoms with Gasteiger partial charge in [0, 0.05) is 27.3 Å². The molecule has 3 aromatic rings. The Morgan fingerprint density at radius 2 is 1.60 bits per heavy atom. The van der Waals surface area contributed by atoms with Gasteiger partial charge in [-0.25, -0.2) is 0 Å². The molecule has 2 N–H and O–H groups in total. The predicted octanol–water partition coefficient (Wildman–Crippen LogP) is 5.23. The lowest BCUT2D eigenvalue weighted by atomic mass is 10.1. The van der Waals surface area contributed by atoms with Gasteiger partial charge in [-0.15, -0.1) is 5.10 Å². The molecule has 1 aromatic heterocycles. The first-order valence-corrected chi connectivity index (χ1v) is 8.63. The molecule has 0 amide bonds. The number of anilines is 3. The predicted molar refractivity (Wildman–Crippen MR) is 103 cm³/mol. The van der Waals surface area contributed by atoms with E-state index in [9.17, 15) is 0 Å². The minimum Gasteiger partial charge on any atom is -0.353 e. The van der Waals surface area contributed by atoms with E-state index in [0.717, 1.165) is 17.1 Å². The SMILES string of the molecule is Clc1ccc(CCNc2nncc(Nc3cc(Cl)cc(Cl)c3)n2)cc1. The molecule has 0 aliphatic carbocycles. The Morgan fingerprint density at radius 1 is 0.880 bits per heavy atom. The summed E-state index contributed by atoms with van der Waals surface area (Å²) in [5.41, 5.74) is 1.90. The second-order valence-electron chi connectivity index (χ2n) is 5.25. The van der Waals surface area contributed by atoms with Gasteiger partial charge < -0.3 is 10.6 Å². The lowest BCUT2D eigenvalue weighted by Gasteiger charge is -2.08. The van der Waals surface area contributed by atoms with E-state index in [1.807, 2.05) is 24.3 Å². The summed E-state index contributed by atoms with van der Waals surface area (Å²) >= 11 is 17.9. The second-order valence-corrected chi connectivity index (χ2v) is 6.56. The Balaban J connectivity index is 1.60.